The van der Waals surface area contributed by atoms with Crippen molar-refractivity contribution in [1.29, 1.82) is 5.26 Å². The lowest BCUT2D eigenvalue weighted by Crippen LogP contribution is -2.27. The summed E-state index contributed by atoms with van der Waals surface area (Å²) in [6.07, 6.45) is 0.710. The van der Waals surface area contributed by atoms with Crippen LogP contribution in [0.15, 0.2) is 30.3 Å². The van der Waals surface area contributed by atoms with E-state index in [9.17, 15) is 5.26 Å². The number of aliphatic hydroxyl groups excluding tert-OH is 2. The average molecular weight is 205 g/mol. The lowest BCUT2D eigenvalue weighted by Gasteiger charge is -2.25. The Kier molecular flexibility index (Phi) is 4.29. The third-order valence-electron chi connectivity index (χ3n) is 2.62. The Labute approximate surface area is 89.6 Å². The van der Waals surface area contributed by atoms with Crippen LogP contribution in [0.3, 0.4) is 0 Å². The van der Waals surface area contributed by atoms with Crippen molar-refractivity contribution in [3.63, 3.8) is 0 Å². The minimum Gasteiger partial charge on any atom is -0.396 e. The van der Waals surface area contributed by atoms with Crippen molar-refractivity contribution in [3.05, 3.63) is 35.9 Å². The fraction of sp³-hybridized carbons (Fsp3) is 0.417. The molecule has 2 N–H and O–H groups in total. The van der Waals surface area contributed by atoms with E-state index in [1.807, 2.05) is 30.3 Å². The Balaban J connectivity index is 3.05. The molecule has 0 atom stereocenters. The number of benzene rings is 1. The van der Waals surface area contributed by atoms with Crippen molar-refractivity contribution < 1.29 is 10.2 Å². The highest BCUT2D eigenvalue weighted by Gasteiger charge is 2.30. The van der Waals surface area contributed by atoms with Crippen molar-refractivity contribution in [3.8, 4) is 6.07 Å². The van der Waals surface area contributed by atoms with Gasteiger partial charge in [-0.25, -0.2) is 0 Å². The smallest absolute Gasteiger partial charge is 0.0865 e. The molecule has 0 aliphatic carbocycles. The summed E-state index contributed by atoms with van der Waals surface area (Å²) >= 11 is 0. The molecule has 0 aliphatic rings. The minimum absolute atomic E-state index is 0.0531. The van der Waals surface area contributed by atoms with E-state index in [1.165, 1.54) is 0 Å². The molecule has 3 nitrogen and oxygen atoms in total. The predicted octanol–water partition coefficient (Wildman–Crippen LogP) is 1.21. The number of nitriles is 1. The van der Waals surface area contributed by atoms with Crippen LogP contribution in [-0.2, 0) is 5.41 Å². The summed E-state index contributed by atoms with van der Waals surface area (Å²) in [5.74, 6) is 0. The Morgan fingerprint density at radius 1 is 1.07 bits per heavy atom. The van der Waals surface area contributed by atoms with Gasteiger partial charge in [-0.3, -0.25) is 0 Å². The van der Waals surface area contributed by atoms with Gasteiger partial charge in [0, 0.05) is 13.2 Å². The van der Waals surface area contributed by atoms with E-state index in [0.717, 1.165) is 5.56 Å². The van der Waals surface area contributed by atoms with Crippen LogP contribution in [0.1, 0.15) is 18.4 Å². The van der Waals surface area contributed by atoms with Gasteiger partial charge in [-0.15, -0.1) is 0 Å². The normalized spacial score (nSPS) is 11.0. The molecule has 1 aromatic carbocycles. The molecule has 0 heterocycles. The van der Waals surface area contributed by atoms with Crippen LogP contribution in [0.5, 0.6) is 0 Å². The molecule has 80 valence electrons. The maximum Gasteiger partial charge on any atom is 0.0865 e. The number of rotatable bonds is 5. The van der Waals surface area contributed by atoms with Gasteiger partial charge in [0.2, 0.25) is 0 Å². The van der Waals surface area contributed by atoms with Crippen molar-refractivity contribution in [2.45, 2.75) is 18.3 Å². The van der Waals surface area contributed by atoms with Gasteiger partial charge in [0.05, 0.1) is 11.5 Å². The third-order valence-corrected chi connectivity index (χ3v) is 2.62. The van der Waals surface area contributed by atoms with Crippen molar-refractivity contribution >= 4 is 0 Å². The van der Waals surface area contributed by atoms with Gasteiger partial charge >= 0.3 is 0 Å². The Hall–Kier alpha value is -1.37. The molecule has 0 saturated heterocycles. The fourth-order valence-electron chi connectivity index (χ4n) is 1.73. The second kappa shape index (κ2) is 5.50. The van der Waals surface area contributed by atoms with Gasteiger partial charge in [0.15, 0.2) is 0 Å². The van der Waals surface area contributed by atoms with Crippen LogP contribution >= 0.6 is 0 Å². The molecule has 3 heteroatoms. The Morgan fingerprint density at radius 2 is 1.60 bits per heavy atom. The van der Waals surface area contributed by atoms with Crippen LogP contribution in [-0.4, -0.2) is 23.4 Å². The summed E-state index contributed by atoms with van der Waals surface area (Å²) in [4.78, 5) is 0. The maximum atomic E-state index is 9.22. The second-order valence-electron chi connectivity index (χ2n) is 3.51. The van der Waals surface area contributed by atoms with E-state index in [1.54, 1.807) is 0 Å². The van der Waals surface area contributed by atoms with E-state index >= 15 is 0 Å². The number of hydrogen-bond donors (Lipinski definition) is 2. The first-order valence-electron chi connectivity index (χ1n) is 4.97. The Morgan fingerprint density at radius 3 is 2.00 bits per heavy atom. The SMILES string of the molecule is N#CC(CCO)(CCO)c1ccccc1. The van der Waals surface area contributed by atoms with Gasteiger partial charge in [0.25, 0.3) is 0 Å². The highest BCUT2D eigenvalue weighted by molar-refractivity contribution is 5.32. The van der Waals surface area contributed by atoms with Crippen molar-refractivity contribution in [1.82, 2.24) is 0 Å². The topological polar surface area (TPSA) is 64.2 Å². The first-order chi connectivity index (χ1) is 7.29. The molecule has 0 saturated carbocycles. The molecule has 0 amide bonds. The van der Waals surface area contributed by atoms with Crippen molar-refractivity contribution in [2.75, 3.05) is 13.2 Å². The fourth-order valence-corrected chi connectivity index (χ4v) is 1.73. The Bertz CT molecular complexity index is 323. The first kappa shape index (κ1) is 11.7. The predicted molar refractivity (Wildman–Crippen MR) is 57.1 cm³/mol. The summed E-state index contributed by atoms with van der Waals surface area (Å²) in [5.41, 5.74) is 0.0979. The molecule has 0 fully saturated rings. The number of nitrogens with zero attached hydrogens (tertiary/aromatic N) is 1. The van der Waals surface area contributed by atoms with Gasteiger partial charge in [-0.2, -0.15) is 5.26 Å². The second-order valence-corrected chi connectivity index (χ2v) is 3.51. The summed E-state index contributed by atoms with van der Waals surface area (Å²) < 4.78 is 0. The summed E-state index contributed by atoms with van der Waals surface area (Å²) in [6.45, 7) is -0.106. The molecule has 0 radical (unpaired) electrons. The third kappa shape index (κ3) is 2.56. The van der Waals surface area contributed by atoms with Gasteiger partial charge in [0.1, 0.15) is 0 Å². The number of aliphatic hydroxyl groups is 2. The summed E-state index contributed by atoms with van der Waals surface area (Å²) in [7, 11) is 0. The molecule has 0 aliphatic heterocycles. The largest absolute Gasteiger partial charge is 0.396 e. The van der Waals surface area contributed by atoms with E-state index in [4.69, 9.17) is 10.2 Å². The van der Waals surface area contributed by atoms with Crippen LogP contribution in [0.2, 0.25) is 0 Å². The molecular formula is C12H15NO2. The van der Waals surface area contributed by atoms with Gasteiger partial charge in [-0.05, 0) is 18.4 Å². The van der Waals surface area contributed by atoms with E-state index < -0.39 is 5.41 Å². The molecule has 1 rings (SSSR count). The van der Waals surface area contributed by atoms with Crippen LogP contribution < -0.4 is 0 Å². The molecule has 1 aromatic rings. The van der Waals surface area contributed by atoms with Crippen LogP contribution in [0.25, 0.3) is 0 Å². The highest BCUT2D eigenvalue weighted by Crippen LogP contribution is 2.30. The van der Waals surface area contributed by atoms with E-state index in [2.05, 4.69) is 6.07 Å². The molecule has 0 aromatic heterocycles. The van der Waals surface area contributed by atoms with E-state index in [-0.39, 0.29) is 13.2 Å². The van der Waals surface area contributed by atoms with Crippen molar-refractivity contribution in [2.24, 2.45) is 0 Å². The monoisotopic (exact) mass is 205 g/mol. The van der Waals surface area contributed by atoms with E-state index in [0.29, 0.717) is 12.8 Å². The summed E-state index contributed by atoms with van der Waals surface area (Å²) in [5, 5.41) is 27.2. The molecule has 0 bridgehead atoms. The first-order valence-corrected chi connectivity index (χ1v) is 4.97. The standard InChI is InChI=1S/C12H15NO2/c13-10-12(6-8-14,7-9-15)11-4-2-1-3-5-11/h1-5,14-15H,6-9H2. The quantitative estimate of drug-likeness (QED) is 0.759. The lowest BCUT2D eigenvalue weighted by atomic mass is 9.76. The molecule has 0 unspecified atom stereocenters. The van der Waals surface area contributed by atoms with Crippen LogP contribution in [0.4, 0.5) is 0 Å². The summed E-state index contributed by atoms with van der Waals surface area (Å²) in [6, 6.07) is 11.5. The molecule has 0 spiro atoms. The zero-order chi connectivity index (χ0) is 11.1. The van der Waals surface area contributed by atoms with Gasteiger partial charge in [-0.1, -0.05) is 30.3 Å². The lowest BCUT2D eigenvalue weighted by molar-refractivity contribution is 0.217. The maximum absolute atomic E-state index is 9.22. The molecule has 15 heavy (non-hydrogen) atoms. The zero-order valence-electron chi connectivity index (χ0n) is 8.56. The zero-order valence-corrected chi connectivity index (χ0v) is 8.56. The highest BCUT2D eigenvalue weighted by atomic mass is 16.3. The minimum atomic E-state index is -0.759. The average Bonchev–Trinajstić information content (AvgIpc) is 2.30. The van der Waals surface area contributed by atoms with Crippen LogP contribution in [0, 0.1) is 11.3 Å². The van der Waals surface area contributed by atoms with Gasteiger partial charge < -0.3 is 10.2 Å². The molecular weight excluding hydrogens is 190 g/mol. The number of hydrogen-bond acceptors (Lipinski definition) is 3.